The number of carbonyl (C=O) groups is 1. The molecule has 2 rings (SSSR count). The van der Waals surface area contributed by atoms with Gasteiger partial charge in [-0.25, -0.2) is 4.98 Å². The first-order valence-electron chi connectivity index (χ1n) is 5.57. The summed E-state index contributed by atoms with van der Waals surface area (Å²) in [4.78, 5) is 16.4. The minimum absolute atomic E-state index is 0.101. The lowest BCUT2D eigenvalue weighted by molar-refractivity contribution is 0.0992. The Balaban J connectivity index is 2.19. The Morgan fingerprint density at radius 2 is 2.29 bits per heavy atom. The van der Waals surface area contributed by atoms with Crippen LogP contribution in [-0.4, -0.2) is 20.5 Å². The molecule has 2 aromatic heterocycles. The summed E-state index contributed by atoms with van der Waals surface area (Å²) in [6.45, 7) is 3.94. The van der Waals surface area contributed by atoms with E-state index in [0.29, 0.717) is 6.42 Å². The van der Waals surface area contributed by atoms with E-state index in [2.05, 4.69) is 10.1 Å². The van der Waals surface area contributed by atoms with Gasteiger partial charge < -0.3 is 0 Å². The molecule has 2 aromatic rings. The summed E-state index contributed by atoms with van der Waals surface area (Å²) in [5.41, 5.74) is 2.56. The molecule has 17 heavy (non-hydrogen) atoms. The molecule has 5 heteroatoms. The van der Waals surface area contributed by atoms with E-state index in [4.69, 9.17) is 0 Å². The molecule has 0 atom stereocenters. The zero-order chi connectivity index (χ0) is 12.4. The van der Waals surface area contributed by atoms with E-state index < -0.39 is 0 Å². The van der Waals surface area contributed by atoms with Crippen LogP contribution in [0.1, 0.15) is 33.7 Å². The smallest absolute Gasteiger partial charge is 0.173 e. The molecule has 0 amide bonds. The first-order chi connectivity index (χ1) is 8.10. The average Bonchev–Trinajstić information content (AvgIpc) is 2.84. The largest absolute Gasteiger partial charge is 0.294 e. The van der Waals surface area contributed by atoms with Gasteiger partial charge in [0.2, 0.25) is 0 Å². The molecule has 90 valence electrons. The van der Waals surface area contributed by atoms with Gasteiger partial charge >= 0.3 is 0 Å². The summed E-state index contributed by atoms with van der Waals surface area (Å²) in [5, 5.41) is 7.11. The number of aryl methyl sites for hydroxylation is 3. The molecule has 0 N–H and O–H groups in total. The molecular formula is C12H15N3OS. The number of Topliss-reactive ketones (excluding diaryl/α,β-unsaturated/α-hetero) is 1. The highest BCUT2D eigenvalue weighted by Gasteiger charge is 2.15. The van der Waals surface area contributed by atoms with Crippen molar-refractivity contribution >= 4 is 17.1 Å². The van der Waals surface area contributed by atoms with Crippen molar-refractivity contribution in [2.45, 2.75) is 26.7 Å². The minimum atomic E-state index is 0.101. The predicted octanol–water partition coefficient (Wildman–Crippen LogP) is 2.17. The maximum absolute atomic E-state index is 12.1. The van der Waals surface area contributed by atoms with Gasteiger partial charge in [-0.15, -0.1) is 11.3 Å². The highest BCUT2D eigenvalue weighted by molar-refractivity contribution is 7.09. The number of hydrogen-bond acceptors (Lipinski definition) is 4. The monoisotopic (exact) mass is 249 g/mol. The third-order valence-electron chi connectivity index (χ3n) is 2.52. The van der Waals surface area contributed by atoms with Crippen molar-refractivity contribution in [1.29, 1.82) is 0 Å². The molecule has 0 aliphatic heterocycles. The van der Waals surface area contributed by atoms with Gasteiger partial charge in [0.25, 0.3) is 0 Å². The molecular weight excluding hydrogens is 234 g/mol. The van der Waals surface area contributed by atoms with Crippen LogP contribution in [0.3, 0.4) is 0 Å². The SMILES string of the molecule is CCc1nn(C)cc1C(=O)Cc1nc(C)cs1. The van der Waals surface area contributed by atoms with Gasteiger partial charge in [-0.1, -0.05) is 6.92 Å². The van der Waals surface area contributed by atoms with Crippen LogP contribution in [0, 0.1) is 6.92 Å². The minimum Gasteiger partial charge on any atom is -0.294 e. The summed E-state index contributed by atoms with van der Waals surface area (Å²) >= 11 is 1.53. The zero-order valence-corrected chi connectivity index (χ0v) is 11.0. The molecule has 0 spiro atoms. The number of thiazole rings is 1. The Bertz CT molecular complexity index is 542. The molecule has 0 aliphatic carbocycles. The maximum Gasteiger partial charge on any atom is 0.173 e. The quantitative estimate of drug-likeness (QED) is 0.780. The summed E-state index contributed by atoms with van der Waals surface area (Å²) < 4.78 is 1.69. The summed E-state index contributed by atoms with van der Waals surface area (Å²) in [6, 6.07) is 0. The van der Waals surface area contributed by atoms with E-state index in [9.17, 15) is 4.79 Å². The molecule has 0 bridgehead atoms. The summed E-state index contributed by atoms with van der Waals surface area (Å²) in [7, 11) is 1.84. The van der Waals surface area contributed by atoms with Gasteiger partial charge in [0, 0.05) is 24.3 Å². The van der Waals surface area contributed by atoms with E-state index >= 15 is 0 Å². The standard InChI is InChI=1S/C12H15N3OS/c1-4-10-9(6-15(3)14-10)11(16)5-12-13-8(2)7-17-12/h6-7H,4-5H2,1-3H3. The van der Waals surface area contributed by atoms with E-state index in [-0.39, 0.29) is 5.78 Å². The highest BCUT2D eigenvalue weighted by Crippen LogP contribution is 2.15. The molecule has 0 fully saturated rings. The van der Waals surface area contributed by atoms with Gasteiger partial charge in [0.15, 0.2) is 5.78 Å². The van der Waals surface area contributed by atoms with Crippen molar-refractivity contribution in [3.05, 3.63) is 33.5 Å². The van der Waals surface area contributed by atoms with Crippen LogP contribution in [0.25, 0.3) is 0 Å². The lowest BCUT2D eigenvalue weighted by Gasteiger charge is -1.97. The van der Waals surface area contributed by atoms with Gasteiger partial charge in [0.1, 0.15) is 5.01 Å². The average molecular weight is 249 g/mol. The second kappa shape index (κ2) is 4.79. The molecule has 0 aromatic carbocycles. The third kappa shape index (κ3) is 2.61. The molecule has 0 saturated carbocycles. The Morgan fingerprint density at radius 3 is 2.88 bits per heavy atom. The van der Waals surface area contributed by atoms with Crippen LogP contribution in [0.4, 0.5) is 0 Å². The molecule has 4 nitrogen and oxygen atoms in total. The lowest BCUT2D eigenvalue weighted by atomic mass is 10.1. The van der Waals surface area contributed by atoms with E-state index in [0.717, 1.165) is 28.4 Å². The molecule has 0 saturated heterocycles. The number of rotatable bonds is 4. The first-order valence-corrected chi connectivity index (χ1v) is 6.44. The third-order valence-corrected chi connectivity index (χ3v) is 3.49. The highest BCUT2D eigenvalue weighted by atomic mass is 32.1. The predicted molar refractivity (Wildman–Crippen MR) is 67.5 cm³/mol. The first kappa shape index (κ1) is 12.0. The van der Waals surface area contributed by atoms with Gasteiger partial charge in [-0.05, 0) is 13.3 Å². The molecule has 2 heterocycles. The lowest BCUT2D eigenvalue weighted by Crippen LogP contribution is -2.05. The second-order valence-corrected chi connectivity index (χ2v) is 4.94. The second-order valence-electron chi connectivity index (χ2n) is 4.00. The molecule has 0 unspecified atom stereocenters. The number of aromatic nitrogens is 3. The van der Waals surface area contributed by atoms with Gasteiger partial charge in [-0.3, -0.25) is 9.48 Å². The van der Waals surface area contributed by atoms with Crippen LogP contribution in [0.5, 0.6) is 0 Å². The van der Waals surface area contributed by atoms with Gasteiger partial charge in [-0.2, -0.15) is 5.10 Å². The molecule has 0 aliphatic rings. The van der Waals surface area contributed by atoms with Crippen LogP contribution >= 0.6 is 11.3 Å². The van der Waals surface area contributed by atoms with E-state index in [1.807, 2.05) is 26.3 Å². The van der Waals surface area contributed by atoms with Crippen LogP contribution < -0.4 is 0 Å². The summed E-state index contributed by atoms with van der Waals surface area (Å²) in [5.74, 6) is 0.101. The number of carbonyl (C=O) groups excluding carboxylic acids is 1. The fourth-order valence-electron chi connectivity index (χ4n) is 1.75. The fourth-order valence-corrected chi connectivity index (χ4v) is 2.52. The van der Waals surface area contributed by atoms with Crippen molar-refractivity contribution in [2.75, 3.05) is 0 Å². The van der Waals surface area contributed by atoms with Crippen molar-refractivity contribution in [2.24, 2.45) is 7.05 Å². The van der Waals surface area contributed by atoms with Crippen molar-refractivity contribution in [1.82, 2.24) is 14.8 Å². The van der Waals surface area contributed by atoms with Crippen molar-refractivity contribution in [3.8, 4) is 0 Å². The fraction of sp³-hybridized carbons (Fsp3) is 0.417. The van der Waals surface area contributed by atoms with E-state index in [1.165, 1.54) is 11.3 Å². The Kier molecular flexibility index (Phi) is 3.38. The number of hydrogen-bond donors (Lipinski definition) is 0. The molecule has 0 radical (unpaired) electrons. The summed E-state index contributed by atoms with van der Waals surface area (Å²) in [6.07, 6.45) is 2.94. The topological polar surface area (TPSA) is 47.8 Å². The van der Waals surface area contributed by atoms with Gasteiger partial charge in [0.05, 0.1) is 17.7 Å². The Labute approximate surface area is 104 Å². The normalized spacial score (nSPS) is 10.8. The maximum atomic E-state index is 12.1. The van der Waals surface area contributed by atoms with Crippen LogP contribution in [0.15, 0.2) is 11.6 Å². The zero-order valence-electron chi connectivity index (χ0n) is 10.2. The number of nitrogens with zero attached hydrogens (tertiary/aromatic N) is 3. The van der Waals surface area contributed by atoms with Crippen LogP contribution in [-0.2, 0) is 19.9 Å². The van der Waals surface area contributed by atoms with Crippen molar-refractivity contribution < 1.29 is 4.79 Å². The Morgan fingerprint density at radius 1 is 1.53 bits per heavy atom. The van der Waals surface area contributed by atoms with E-state index in [1.54, 1.807) is 10.9 Å². The van der Waals surface area contributed by atoms with Crippen molar-refractivity contribution in [3.63, 3.8) is 0 Å². The number of ketones is 1. The van der Waals surface area contributed by atoms with Crippen LogP contribution in [0.2, 0.25) is 0 Å². The Hall–Kier alpha value is -1.49.